The standard InChI is InChI=1S/C23H16ClF4N5O2/c24-20-19-21(29)31-14-8-13(25)12(7-15(14)33(19)9-30-20)22(34)32-5-1-2-16-18(32)11-4-3-10(23(26,27)28)6-17(11)35-16/h3-4,6-9,16,18H,1-2,5H2,(H2,29,31)/t16-,18-/m0/s1. The maximum atomic E-state index is 15.2. The minimum atomic E-state index is -4.52. The molecule has 2 aromatic heterocycles. The van der Waals surface area contributed by atoms with E-state index in [9.17, 15) is 18.0 Å². The highest BCUT2D eigenvalue weighted by Gasteiger charge is 2.44. The molecule has 0 saturated carbocycles. The number of nitrogens with zero attached hydrogens (tertiary/aromatic N) is 4. The first-order valence-electron chi connectivity index (χ1n) is 10.7. The molecule has 12 heteroatoms. The molecule has 2 N–H and O–H groups in total. The van der Waals surface area contributed by atoms with E-state index >= 15 is 4.39 Å². The number of nitrogen functional groups attached to an aromatic ring is 1. The molecule has 4 heterocycles. The fourth-order valence-electron chi connectivity index (χ4n) is 4.97. The van der Waals surface area contributed by atoms with Crippen molar-refractivity contribution in [2.24, 2.45) is 0 Å². The number of fused-ring (bicyclic) bond motifs is 6. The molecular weight excluding hydrogens is 490 g/mol. The fraction of sp³-hybridized carbons (Fsp3) is 0.261. The number of imidazole rings is 1. The zero-order valence-corrected chi connectivity index (χ0v) is 18.6. The van der Waals surface area contributed by atoms with Gasteiger partial charge in [-0.1, -0.05) is 17.7 Å². The Morgan fingerprint density at radius 3 is 2.80 bits per heavy atom. The summed E-state index contributed by atoms with van der Waals surface area (Å²) in [6.45, 7) is 0.299. The van der Waals surface area contributed by atoms with Crippen LogP contribution in [-0.4, -0.2) is 37.8 Å². The molecule has 7 nitrogen and oxygen atoms in total. The number of benzene rings is 2. The van der Waals surface area contributed by atoms with E-state index < -0.39 is 35.6 Å². The molecule has 0 unspecified atom stereocenters. The number of ether oxygens (including phenoxy) is 1. The monoisotopic (exact) mass is 505 g/mol. The number of halogens is 5. The molecule has 2 aliphatic heterocycles. The number of alkyl halides is 3. The molecule has 2 atom stereocenters. The molecule has 4 aromatic rings. The van der Waals surface area contributed by atoms with Crippen LogP contribution in [0.25, 0.3) is 16.6 Å². The van der Waals surface area contributed by atoms with Crippen LogP contribution < -0.4 is 10.5 Å². The van der Waals surface area contributed by atoms with Gasteiger partial charge < -0.3 is 15.4 Å². The number of carbonyl (C=O) groups is 1. The van der Waals surface area contributed by atoms with Gasteiger partial charge in [-0.25, -0.2) is 14.4 Å². The summed E-state index contributed by atoms with van der Waals surface area (Å²) in [6, 6.07) is 5.08. The summed E-state index contributed by atoms with van der Waals surface area (Å²) in [4.78, 5) is 23.3. The first-order valence-corrected chi connectivity index (χ1v) is 11.1. The first kappa shape index (κ1) is 21.9. The Hall–Kier alpha value is -3.60. The minimum Gasteiger partial charge on any atom is -0.488 e. The van der Waals surface area contributed by atoms with E-state index in [-0.39, 0.29) is 27.8 Å². The van der Waals surface area contributed by atoms with E-state index in [2.05, 4.69) is 9.97 Å². The smallest absolute Gasteiger partial charge is 0.416 e. The van der Waals surface area contributed by atoms with Crippen molar-refractivity contribution in [2.45, 2.75) is 31.2 Å². The summed E-state index contributed by atoms with van der Waals surface area (Å²) in [5.41, 5.74) is 6.29. The maximum absolute atomic E-state index is 15.2. The van der Waals surface area contributed by atoms with Crippen molar-refractivity contribution < 1.29 is 27.1 Å². The number of hydrogen-bond donors (Lipinski definition) is 1. The second kappa shape index (κ2) is 7.45. The van der Waals surface area contributed by atoms with Crippen LogP contribution in [-0.2, 0) is 6.18 Å². The van der Waals surface area contributed by atoms with E-state index in [0.717, 1.165) is 18.2 Å². The number of aromatic nitrogens is 3. The van der Waals surface area contributed by atoms with E-state index in [1.807, 2.05) is 0 Å². The highest BCUT2D eigenvalue weighted by atomic mass is 35.5. The molecule has 0 aliphatic carbocycles. The molecule has 0 bridgehead atoms. The van der Waals surface area contributed by atoms with Crippen molar-refractivity contribution in [2.75, 3.05) is 12.3 Å². The molecular formula is C23H16ClF4N5O2. The highest BCUT2D eigenvalue weighted by molar-refractivity contribution is 6.33. The third-order valence-corrected chi connectivity index (χ3v) is 6.81. The lowest BCUT2D eigenvalue weighted by atomic mass is 9.93. The highest BCUT2D eigenvalue weighted by Crippen LogP contribution is 2.47. The second-order valence-electron chi connectivity index (χ2n) is 8.56. The van der Waals surface area contributed by atoms with Crippen LogP contribution in [0.4, 0.5) is 23.4 Å². The van der Waals surface area contributed by atoms with Crippen LogP contribution in [0.1, 0.15) is 40.4 Å². The number of carbonyl (C=O) groups excluding carboxylic acids is 1. The van der Waals surface area contributed by atoms with Crippen LogP contribution in [0.3, 0.4) is 0 Å². The Bertz CT molecular complexity index is 1540. The fourth-order valence-corrected chi connectivity index (χ4v) is 5.21. The summed E-state index contributed by atoms with van der Waals surface area (Å²) >= 11 is 6.10. The van der Waals surface area contributed by atoms with Crippen LogP contribution in [0, 0.1) is 5.82 Å². The predicted molar refractivity (Wildman–Crippen MR) is 119 cm³/mol. The zero-order valence-electron chi connectivity index (χ0n) is 17.8. The third kappa shape index (κ3) is 3.28. The van der Waals surface area contributed by atoms with Crippen LogP contribution in [0.15, 0.2) is 36.7 Å². The van der Waals surface area contributed by atoms with Crippen molar-refractivity contribution >= 4 is 39.9 Å². The van der Waals surface area contributed by atoms with Gasteiger partial charge in [-0.15, -0.1) is 0 Å². The van der Waals surface area contributed by atoms with Gasteiger partial charge in [0.25, 0.3) is 5.91 Å². The van der Waals surface area contributed by atoms with Crippen LogP contribution >= 0.6 is 11.6 Å². The SMILES string of the molecule is Nc1nc2cc(F)c(C(=O)N3CCC[C@@H]4Oc5cc(C(F)(F)F)ccc5[C@@H]43)cc2n2cnc(Cl)c12. The number of rotatable bonds is 1. The summed E-state index contributed by atoms with van der Waals surface area (Å²) in [5.74, 6) is -1.25. The Morgan fingerprint density at radius 2 is 2.03 bits per heavy atom. The largest absolute Gasteiger partial charge is 0.488 e. The molecule has 0 radical (unpaired) electrons. The van der Waals surface area contributed by atoms with E-state index in [0.29, 0.717) is 36.0 Å². The number of hydrogen-bond acceptors (Lipinski definition) is 5. The van der Waals surface area contributed by atoms with Gasteiger partial charge >= 0.3 is 6.18 Å². The molecule has 35 heavy (non-hydrogen) atoms. The number of piperidine rings is 1. The lowest BCUT2D eigenvalue weighted by molar-refractivity contribution is -0.137. The van der Waals surface area contributed by atoms with E-state index in [4.69, 9.17) is 22.1 Å². The number of likely N-dealkylation sites (tertiary alicyclic amines) is 1. The number of amides is 1. The van der Waals surface area contributed by atoms with Crippen molar-refractivity contribution in [1.29, 1.82) is 0 Å². The molecule has 1 saturated heterocycles. The molecule has 180 valence electrons. The molecule has 1 fully saturated rings. The predicted octanol–water partition coefficient (Wildman–Crippen LogP) is 5.01. The Kier molecular flexibility index (Phi) is 4.66. The van der Waals surface area contributed by atoms with Gasteiger partial charge in [0.1, 0.15) is 29.5 Å². The quantitative estimate of drug-likeness (QED) is 0.367. The average Bonchev–Trinajstić information content (AvgIpc) is 3.38. The summed E-state index contributed by atoms with van der Waals surface area (Å²) < 4.78 is 62.0. The zero-order chi connectivity index (χ0) is 24.6. The van der Waals surface area contributed by atoms with Gasteiger partial charge in [0.15, 0.2) is 11.0 Å². The van der Waals surface area contributed by atoms with Gasteiger partial charge in [-0.2, -0.15) is 13.2 Å². The van der Waals surface area contributed by atoms with Gasteiger partial charge in [-0.3, -0.25) is 9.20 Å². The summed E-state index contributed by atoms with van der Waals surface area (Å²) in [7, 11) is 0. The van der Waals surface area contributed by atoms with Gasteiger partial charge in [0.05, 0.1) is 28.2 Å². The van der Waals surface area contributed by atoms with E-state index in [1.165, 1.54) is 27.8 Å². The topological polar surface area (TPSA) is 85.8 Å². The first-order chi connectivity index (χ1) is 16.6. The van der Waals surface area contributed by atoms with Crippen molar-refractivity contribution in [1.82, 2.24) is 19.3 Å². The molecule has 2 aliphatic rings. The number of anilines is 1. The molecule has 2 aromatic carbocycles. The lowest BCUT2D eigenvalue weighted by Gasteiger charge is -2.36. The van der Waals surface area contributed by atoms with Gasteiger partial charge in [0, 0.05) is 18.2 Å². The van der Waals surface area contributed by atoms with Crippen LogP contribution in [0.5, 0.6) is 5.75 Å². The van der Waals surface area contributed by atoms with E-state index in [1.54, 1.807) is 0 Å². The lowest BCUT2D eigenvalue weighted by Crippen LogP contribution is -2.44. The van der Waals surface area contributed by atoms with Crippen LogP contribution in [0.2, 0.25) is 5.15 Å². The minimum absolute atomic E-state index is 0.0651. The maximum Gasteiger partial charge on any atom is 0.416 e. The molecule has 6 rings (SSSR count). The summed E-state index contributed by atoms with van der Waals surface area (Å²) in [6.07, 6.45) is -2.52. The Balaban J connectivity index is 1.44. The van der Waals surface area contributed by atoms with Crippen molar-refractivity contribution in [3.05, 3.63) is 64.3 Å². The molecule has 1 amide bonds. The van der Waals surface area contributed by atoms with Crippen molar-refractivity contribution in [3.63, 3.8) is 0 Å². The van der Waals surface area contributed by atoms with Gasteiger partial charge in [0.2, 0.25) is 0 Å². The van der Waals surface area contributed by atoms with Crippen molar-refractivity contribution in [3.8, 4) is 5.75 Å². The van der Waals surface area contributed by atoms with Gasteiger partial charge in [-0.05, 0) is 31.0 Å². The Labute approximate surface area is 200 Å². The Morgan fingerprint density at radius 1 is 1.23 bits per heavy atom. The second-order valence-corrected chi connectivity index (χ2v) is 8.92. The molecule has 0 spiro atoms. The normalized spacial score (nSPS) is 19.6. The average molecular weight is 506 g/mol. The third-order valence-electron chi connectivity index (χ3n) is 6.53. The summed E-state index contributed by atoms with van der Waals surface area (Å²) in [5, 5.41) is 0.117. The number of nitrogens with two attached hydrogens (primary N) is 1.